The number of hydrogen-bond acceptors (Lipinski definition) is 5. The Morgan fingerprint density at radius 3 is 2.77 bits per heavy atom. The molecular formula is C18H18N2O5S. The molecule has 136 valence electrons. The molecule has 8 heteroatoms. The van der Waals surface area contributed by atoms with E-state index in [9.17, 15) is 18.0 Å². The number of rotatable bonds is 5. The van der Waals surface area contributed by atoms with Crippen molar-refractivity contribution in [3.05, 3.63) is 53.6 Å². The number of benzene rings is 2. The number of nitrogens with one attached hydrogen (secondary N) is 2. The van der Waals surface area contributed by atoms with Gasteiger partial charge in [0.25, 0.3) is 10.0 Å². The summed E-state index contributed by atoms with van der Waals surface area (Å²) in [4.78, 5) is 23.3. The molecule has 1 amide bonds. The molecule has 0 atom stereocenters. The summed E-state index contributed by atoms with van der Waals surface area (Å²) in [5.74, 6) is -0.597. The number of esters is 1. The number of aryl methyl sites for hydroxylation is 1. The van der Waals surface area contributed by atoms with Crippen LogP contribution in [0.15, 0.2) is 47.4 Å². The second-order valence-corrected chi connectivity index (χ2v) is 7.46. The highest BCUT2D eigenvalue weighted by molar-refractivity contribution is 7.92. The van der Waals surface area contributed by atoms with Gasteiger partial charge in [0.05, 0.1) is 17.1 Å². The molecule has 1 aliphatic rings. The van der Waals surface area contributed by atoms with E-state index in [2.05, 4.69) is 10.0 Å². The third-order valence-electron chi connectivity index (χ3n) is 3.91. The van der Waals surface area contributed by atoms with Gasteiger partial charge in [0.2, 0.25) is 5.91 Å². The molecule has 1 heterocycles. The zero-order valence-corrected chi connectivity index (χ0v) is 14.9. The Kier molecular flexibility index (Phi) is 4.94. The molecular weight excluding hydrogens is 356 g/mol. The molecule has 2 aromatic carbocycles. The molecule has 0 unspecified atom stereocenters. The number of ether oxygens (including phenoxy) is 1. The minimum atomic E-state index is -3.83. The van der Waals surface area contributed by atoms with Crippen LogP contribution in [0.5, 0.6) is 0 Å². The minimum absolute atomic E-state index is 0.0815. The Bertz CT molecular complexity index is 969. The molecule has 0 bridgehead atoms. The van der Waals surface area contributed by atoms with Crippen molar-refractivity contribution in [3.63, 3.8) is 0 Å². The van der Waals surface area contributed by atoms with Crippen molar-refractivity contribution in [2.45, 2.75) is 24.7 Å². The van der Waals surface area contributed by atoms with Gasteiger partial charge in [-0.3, -0.25) is 9.52 Å². The smallest absolute Gasteiger partial charge is 0.338 e. The molecule has 2 N–H and O–H groups in total. The number of carbonyl (C=O) groups is 2. The first kappa shape index (κ1) is 17.9. The number of sulfonamides is 1. The maximum absolute atomic E-state index is 12.6. The van der Waals surface area contributed by atoms with Gasteiger partial charge in [-0.25, -0.2) is 13.2 Å². The lowest BCUT2D eigenvalue weighted by molar-refractivity contribution is -0.116. The summed E-state index contributed by atoms with van der Waals surface area (Å²) < 4.78 is 32.7. The Morgan fingerprint density at radius 2 is 2.00 bits per heavy atom. The highest BCUT2D eigenvalue weighted by Crippen LogP contribution is 2.26. The molecule has 2 aromatic rings. The predicted octanol–water partition coefficient (Wildman–Crippen LogP) is 2.55. The van der Waals surface area contributed by atoms with Crippen LogP contribution in [-0.4, -0.2) is 26.9 Å². The number of fused-ring (bicyclic) bond motifs is 1. The fraction of sp³-hybridized carbons (Fsp3) is 0.222. The van der Waals surface area contributed by atoms with Crippen LogP contribution in [0.3, 0.4) is 0 Å². The first-order valence-electron chi connectivity index (χ1n) is 8.12. The van der Waals surface area contributed by atoms with Gasteiger partial charge in [-0.15, -0.1) is 0 Å². The summed E-state index contributed by atoms with van der Waals surface area (Å²) in [6.07, 6.45) is 0.814. The van der Waals surface area contributed by atoms with E-state index >= 15 is 0 Å². The Morgan fingerprint density at radius 1 is 1.19 bits per heavy atom. The van der Waals surface area contributed by atoms with E-state index in [-0.39, 0.29) is 28.7 Å². The van der Waals surface area contributed by atoms with Crippen LogP contribution < -0.4 is 10.0 Å². The van der Waals surface area contributed by atoms with Gasteiger partial charge in [-0.1, -0.05) is 6.07 Å². The number of anilines is 2. The van der Waals surface area contributed by atoms with Crippen molar-refractivity contribution in [2.75, 3.05) is 16.6 Å². The topological polar surface area (TPSA) is 102 Å². The molecule has 0 saturated carbocycles. The van der Waals surface area contributed by atoms with Gasteiger partial charge in [-0.05, 0) is 55.3 Å². The normalized spacial score (nSPS) is 13.5. The van der Waals surface area contributed by atoms with E-state index in [1.54, 1.807) is 37.3 Å². The minimum Gasteiger partial charge on any atom is -0.462 e. The average Bonchev–Trinajstić information content (AvgIpc) is 2.61. The molecule has 0 saturated heterocycles. The lowest BCUT2D eigenvalue weighted by Gasteiger charge is -2.18. The van der Waals surface area contributed by atoms with Gasteiger partial charge in [0, 0.05) is 17.8 Å². The highest BCUT2D eigenvalue weighted by Gasteiger charge is 2.20. The molecule has 26 heavy (non-hydrogen) atoms. The Labute approximate surface area is 151 Å². The van der Waals surface area contributed by atoms with Crippen molar-refractivity contribution in [1.29, 1.82) is 0 Å². The summed E-state index contributed by atoms with van der Waals surface area (Å²) in [5.41, 5.74) is 1.93. The first-order chi connectivity index (χ1) is 12.4. The van der Waals surface area contributed by atoms with E-state index in [1.807, 2.05) is 0 Å². The molecule has 1 aliphatic heterocycles. The molecule has 0 radical (unpaired) electrons. The van der Waals surface area contributed by atoms with Crippen molar-refractivity contribution < 1.29 is 22.7 Å². The zero-order valence-electron chi connectivity index (χ0n) is 14.1. The zero-order chi connectivity index (χ0) is 18.7. The van der Waals surface area contributed by atoms with Crippen LogP contribution in [-0.2, 0) is 26.0 Å². The second kappa shape index (κ2) is 7.17. The standard InChI is InChI=1S/C18H18N2O5S/c1-2-25-18(22)13-4-3-5-14(10-13)20-26(23,24)15-7-8-16-12(11-15)6-9-17(21)19-16/h3-5,7-8,10-11,20H,2,6,9H2,1H3,(H,19,21). The van der Waals surface area contributed by atoms with Gasteiger partial charge in [0.15, 0.2) is 0 Å². The summed E-state index contributed by atoms with van der Waals surface area (Å²) in [5, 5.41) is 2.71. The summed E-state index contributed by atoms with van der Waals surface area (Å²) in [6.45, 7) is 1.93. The van der Waals surface area contributed by atoms with Crippen molar-refractivity contribution in [3.8, 4) is 0 Å². The lowest BCUT2D eigenvalue weighted by Crippen LogP contribution is -2.20. The highest BCUT2D eigenvalue weighted by atomic mass is 32.2. The van der Waals surface area contributed by atoms with Gasteiger partial charge >= 0.3 is 5.97 Å². The Balaban J connectivity index is 1.84. The molecule has 0 aromatic heterocycles. The third-order valence-corrected chi connectivity index (χ3v) is 5.29. The van der Waals surface area contributed by atoms with Gasteiger partial charge < -0.3 is 10.1 Å². The van der Waals surface area contributed by atoms with Crippen LogP contribution in [0.4, 0.5) is 11.4 Å². The maximum atomic E-state index is 12.6. The van der Waals surface area contributed by atoms with E-state index in [4.69, 9.17) is 4.74 Å². The monoisotopic (exact) mass is 374 g/mol. The van der Waals surface area contributed by atoms with Crippen LogP contribution in [0.2, 0.25) is 0 Å². The van der Waals surface area contributed by atoms with E-state index in [0.717, 1.165) is 5.56 Å². The Hall–Kier alpha value is -2.87. The van der Waals surface area contributed by atoms with E-state index in [0.29, 0.717) is 18.5 Å². The van der Waals surface area contributed by atoms with E-state index < -0.39 is 16.0 Å². The summed E-state index contributed by atoms with van der Waals surface area (Å²) in [7, 11) is -3.83. The van der Waals surface area contributed by atoms with Gasteiger partial charge in [-0.2, -0.15) is 0 Å². The fourth-order valence-corrected chi connectivity index (χ4v) is 3.76. The SMILES string of the molecule is CCOC(=O)c1cccc(NS(=O)(=O)c2ccc3c(c2)CCC(=O)N3)c1. The number of hydrogen-bond donors (Lipinski definition) is 2. The van der Waals surface area contributed by atoms with Gasteiger partial charge in [0.1, 0.15) is 0 Å². The molecule has 0 spiro atoms. The number of carbonyl (C=O) groups excluding carboxylic acids is 2. The van der Waals surface area contributed by atoms with Crippen LogP contribution in [0.1, 0.15) is 29.3 Å². The largest absolute Gasteiger partial charge is 0.462 e. The fourth-order valence-electron chi connectivity index (χ4n) is 2.67. The molecule has 0 aliphatic carbocycles. The molecule has 7 nitrogen and oxygen atoms in total. The van der Waals surface area contributed by atoms with Crippen LogP contribution in [0, 0.1) is 0 Å². The molecule has 3 rings (SSSR count). The summed E-state index contributed by atoms with van der Waals surface area (Å²) >= 11 is 0. The summed E-state index contributed by atoms with van der Waals surface area (Å²) in [6, 6.07) is 10.7. The molecule has 0 fully saturated rings. The van der Waals surface area contributed by atoms with Crippen molar-refractivity contribution >= 4 is 33.3 Å². The predicted molar refractivity (Wildman–Crippen MR) is 96.6 cm³/mol. The first-order valence-corrected chi connectivity index (χ1v) is 9.60. The van der Waals surface area contributed by atoms with Crippen LogP contribution in [0.25, 0.3) is 0 Å². The maximum Gasteiger partial charge on any atom is 0.338 e. The van der Waals surface area contributed by atoms with Crippen molar-refractivity contribution in [1.82, 2.24) is 0 Å². The quantitative estimate of drug-likeness (QED) is 0.783. The third kappa shape index (κ3) is 3.85. The lowest BCUT2D eigenvalue weighted by atomic mass is 10.0. The number of amides is 1. The van der Waals surface area contributed by atoms with Crippen molar-refractivity contribution in [2.24, 2.45) is 0 Å². The second-order valence-electron chi connectivity index (χ2n) is 5.77. The average molecular weight is 374 g/mol. The van der Waals surface area contributed by atoms with E-state index in [1.165, 1.54) is 12.1 Å². The van der Waals surface area contributed by atoms with Crippen LogP contribution >= 0.6 is 0 Å².